The molecule has 3 atom stereocenters. The van der Waals surface area contributed by atoms with Crippen LogP contribution in [0.1, 0.15) is 52.9 Å². The maximum absolute atomic E-state index is 11.5. The summed E-state index contributed by atoms with van der Waals surface area (Å²) in [6.45, 7) is 10.3. The van der Waals surface area contributed by atoms with Crippen LogP contribution in [0.4, 0.5) is 0 Å². The topological polar surface area (TPSA) is 26.3 Å². The Balaban J connectivity index is 2.49. The summed E-state index contributed by atoms with van der Waals surface area (Å²) in [4.78, 5) is 11.5. The molecule has 0 aromatic rings. The Morgan fingerprint density at radius 3 is 2.69 bits per heavy atom. The van der Waals surface area contributed by atoms with E-state index in [1.54, 1.807) is 0 Å². The van der Waals surface area contributed by atoms with Gasteiger partial charge in [-0.1, -0.05) is 26.0 Å². The summed E-state index contributed by atoms with van der Waals surface area (Å²) in [5, 5.41) is 0. The largest absolute Gasteiger partial charge is 0.462 e. The number of esters is 1. The van der Waals surface area contributed by atoms with Gasteiger partial charge in [0.1, 0.15) is 6.10 Å². The molecule has 92 valence electrons. The third-order valence-electron chi connectivity index (χ3n) is 3.56. The van der Waals surface area contributed by atoms with Crippen LogP contribution < -0.4 is 0 Å². The Labute approximate surface area is 99.1 Å². The Bertz CT molecular complexity index is 257. The van der Waals surface area contributed by atoms with Crippen LogP contribution in [0.3, 0.4) is 0 Å². The van der Waals surface area contributed by atoms with Crippen molar-refractivity contribution in [2.24, 2.45) is 11.8 Å². The number of allylic oxidation sites excluding steroid dienone is 1. The lowest BCUT2D eigenvalue weighted by molar-refractivity contribution is -0.154. The Morgan fingerprint density at radius 2 is 2.12 bits per heavy atom. The lowest BCUT2D eigenvalue weighted by atomic mass is 9.78. The number of rotatable bonds is 4. The molecule has 0 spiro atoms. The van der Waals surface area contributed by atoms with Crippen molar-refractivity contribution in [1.82, 2.24) is 0 Å². The fourth-order valence-electron chi connectivity index (χ4n) is 2.32. The van der Waals surface area contributed by atoms with Gasteiger partial charge in [-0.3, -0.25) is 4.79 Å². The second-order valence-corrected chi connectivity index (χ2v) is 5.11. The lowest BCUT2D eigenvalue weighted by Gasteiger charge is -2.34. The van der Waals surface area contributed by atoms with Crippen molar-refractivity contribution in [2.75, 3.05) is 0 Å². The van der Waals surface area contributed by atoms with E-state index in [1.807, 2.05) is 6.92 Å². The van der Waals surface area contributed by atoms with E-state index in [2.05, 4.69) is 20.4 Å². The molecule has 0 saturated heterocycles. The number of ether oxygens (including phenoxy) is 1. The van der Waals surface area contributed by atoms with E-state index in [0.29, 0.717) is 18.3 Å². The minimum absolute atomic E-state index is 0.0401. The zero-order chi connectivity index (χ0) is 12.1. The minimum atomic E-state index is -0.0401. The molecule has 0 aliphatic heterocycles. The second kappa shape index (κ2) is 6.07. The smallest absolute Gasteiger partial charge is 0.306 e. The molecule has 2 nitrogen and oxygen atoms in total. The van der Waals surface area contributed by atoms with Gasteiger partial charge in [-0.25, -0.2) is 0 Å². The van der Waals surface area contributed by atoms with Crippen molar-refractivity contribution in [2.45, 2.75) is 59.0 Å². The highest BCUT2D eigenvalue weighted by Gasteiger charge is 2.30. The molecule has 0 unspecified atom stereocenters. The van der Waals surface area contributed by atoms with E-state index in [1.165, 1.54) is 12.0 Å². The number of carbonyl (C=O) groups excluding carboxylic acids is 1. The molecule has 1 rings (SSSR count). The average Bonchev–Trinajstić information content (AvgIpc) is 2.21. The van der Waals surface area contributed by atoms with E-state index in [4.69, 9.17) is 4.74 Å². The molecule has 0 N–H and O–H groups in total. The van der Waals surface area contributed by atoms with Crippen LogP contribution in [0.15, 0.2) is 12.2 Å². The van der Waals surface area contributed by atoms with Crippen LogP contribution in [-0.4, -0.2) is 12.1 Å². The van der Waals surface area contributed by atoms with E-state index in [-0.39, 0.29) is 12.1 Å². The van der Waals surface area contributed by atoms with E-state index >= 15 is 0 Å². The van der Waals surface area contributed by atoms with E-state index in [9.17, 15) is 4.79 Å². The van der Waals surface area contributed by atoms with Gasteiger partial charge in [0.15, 0.2) is 0 Å². The normalized spacial score (nSPS) is 29.8. The molecule has 0 amide bonds. The molecule has 1 saturated carbocycles. The molecule has 1 fully saturated rings. The van der Waals surface area contributed by atoms with Crippen LogP contribution in [0.5, 0.6) is 0 Å². The maximum atomic E-state index is 11.5. The summed E-state index contributed by atoms with van der Waals surface area (Å²) in [7, 11) is 0. The molecule has 1 aliphatic rings. The molecular formula is C14H24O2. The fourth-order valence-corrected chi connectivity index (χ4v) is 2.32. The third-order valence-corrected chi connectivity index (χ3v) is 3.56. The standard InChI is InChI=1S/C14H24O2/c1-5-6-14(15)16-13-9-12(10(2)3)8-7-11(13)4/h11-13H,2,5-9H2,1,3-4H3/t11-,12-,13-/m1/s1. The highest BCUT2D eigenvalue weighted by atomic mass is 16.5. The van der Waals surface area contributed by atoms with Crippen molar-refractivity contribution in [1.29, 1.82) is 0 Å². The molecule has 0 heterocycles. The Morgan fingerprint density at radius 1 is 1.44 bits per heavy atom. The average molecular weight is 224 g/mol. The van der Waals surface area contributed by atoms with Crippen LogP contribution in [0.2, 0.25) is 0 Å². The van der Waals surface area contributed by atoms with Gasteiger partial charge < -0.3 is 4.74 Å². The summed E-state index contributed by atoms with van der Waals surface area (Å²) < 4.78 is 5.54. The van der Waals surface area contributed by atoms with Crippen LogP contribution in [-0.2, 0) is 9.53 Å². The van der Waals surface area contributed by atoms with Crippen molar-refractivity contribution in [3.63, 3.8) is 0 Å². The lowest BCUT2D eigenvalue weighted by Crippen LogP contribution is -2.32. The highest BCUT2D eigenvalue weighted by Crippen LogP contribution is 2.34. The van der Waals surface area contributed by atoms with Gasteiger partial charge in [-0.05, 0) is 44.4 Å². The maximum Gasteiger partial charge on any atom is 0.306 e. The highest BCUT2D eigenvalue weighted by molar-refractivity contribution is 5.69. The first kappa shape index (κ1) is 13.3. The Kier molecular flexibility index (Phi) is 5.04. The summed E-state index contributed by atoms with van der Waals surface area (Å²) in [5.74, 6) is 0.994. The summed E-state index contributed by atoms with van der Waals surface area (Å²) in [6.07, 6.45) is 4.81. The quantitative estimate of drug-likeness (QED) is 0.537. The predicted molar refractivity (Wildman–Crippen MR) is 66.1 cm³/mol. The van der Waals surface area contributed by atoms with Gasteiger partial charge in [-0.2, -0.15) is 0 Å². The van der Waals surface area contributed by atoms with Crippen LogP contribution in [0, 0.1) is 11.8 Å². The minimum Gasteiger partial charge on any atom is -0.462 e. The number of carbonyl (C=O) groups is 1. The predicted octanol–water partition coefficient (Wildman–Crippen LogP) is 3.71. The first-order chi connectivity index (χ1) is 7.54. The molecular weight excluding hydrogens is 200 g/mol. The first-order valence-corrected chi connectivity index (χ1v) is 6.39. The van der Waals surface area contributed by atoms with E-state index < -0.39 is 0 Å². The van der Waals surface area contributed by atoms with E-state index in [0.717, 1.165) is 19.3 Å². The second-order valence-electron chi connectivity index (χ2n) is 5.11. The van der Waals surface area contributed by atoms with Crippen LogP contribution >= 0.6 is 0 Å². The monoisotopic (exact) mass is 224 g/mol. The molecule has 0 radical (unpaired) electrons. The van der Waals surface area contributed by atoms with Gasteiger partial charge in [0.2, 0.25) is 0 Å². The first-order valence-electron chi connectivity index (χ1n) is 6.39. The van der Waals surface area contributed by atoms with Crippen molar-refractivity contribution in [3.8, 4) is 0 Å². The van der Waals surface area contributed by atoms with Gasteiger partial charge in [0.05, 0.1) is 0 Å². The Hall–Kier alpha value is -0.790. The number of hydrogen-bond donors (Lipinski definition) is 0. The summed E-state index contributed by atoms with van der Waals surface area (Å²) >= 11 is 0. The molecule has 0 bridgehead atoms. The SMILES string of the molecule is C=C(C)[C@@H]1CC[C@@H](C)[C@H](OC(=O)CCC)C1. The van der Waals surface area contributed by atoms with Gasteiger partial charge >= 0.3 is 5.97 Å². The number of hydrogen-bond acceptors (Lipinski definition) is 2. The van der Waals surface area contributed by atoms with Gasteiger partial charge in [0.25, 0.3) is 0 Å². The molecule has 1 aliphatic carbocycles. The summed E-state index contributed by atoms with van der Waals surface area (Å²) in [6, 6.07) is 0. The zero-order valence-electron chi connectivity index (χ0n) is 10.8. The molecule has 0 aromatic carbocycles. The van der Waals surface area contributed by atoms with Gasteiger partial charge in [-0.15, -0.1) is 0 Å². The van der Waals surface area contributed by atoms with Crippen molar-refractivity contribution in [3.05, 3.63) is 12.2 Å². The van der Waals surface area contributed by atoms with Crippen LogP contribution in [0.25, 0.3) is 0 Å². The zero-order valence-corrected chi connectivity index (χ0v) is 10.8. The third kappa shape index (κ3) is 3.66. The van der Waals surface area contributed by atoms with Crippen molar-refractivity contribution >= 4 is 5.97 Å². The fraction of sp³-hybridized carbons (Fsp3) is 0.786. The summed E-state index contributed by atoms with van der Waals surface area (Å²) in [5.41, 5.74) is 1.23. The molecule has 2 heteroatoms. The van der Waals surface area contributed by atoms with Gasteiger partial charge in [0, 0.05) is 6.42 Å². The van der Waals surface area contributed by atoms with Crippen molar-refractivity contribution < 1.29 is 9.53 Å². The molecule has 16 heavy (non-hydrogen) atoms. The molecule has 0 aromatic heterocycles.